The lowest BCUT2D eigenvalue weighted by Gasteiger charge is -2.33. The number of rotatable bonds is 5. The molecule has 2 aromatic heterocycles. The smallest absolute Gasteiger partial charge is 0.416 e. The second kappa shape index (κ2) is 9.22. The lowest BCUT2D eigenvalue weighted by molar-refractivity contribution is -0.118. The molecule has 0 unspecified atom stereocenters. The highest BCUT2D eigenvalue weighted by molar-refractivity contribution is 5.95. The summed E-state index contributed by atoms with van der Waals surface area (Å²) in [6, 6.07) is 14.1. The van der Waals surface area contributed by atoms with E-state index in [0.717, 1.165) is 23.7 Å². The van der Waals surface area contributed by atoms with Crippen molar-refractivity contribution in [2.24, 2.45) is 0 Å². The zero-order valence-corrected chi connectivity index (χ0v) is 19.8. The topological polar surface area (TPSA) is 139 Å². The maximum Gasteiger partial charge on any atom is 0.416 e. The number of nitrogens with one attached hydrogen (secondary N) is 2. The van der Waals surface area contributed by atoms with Crippen molar-refractivity contribution in [1.29, 1.82) is 5.26 Å². The van der Waals surface area contributed by atoms with Gasteiger partial charge < -0.3 is 24.7 Å². The minimum absolute atomic E-state index is 0.0606. The van der Waals surface area contributed by atoms with E-state index < -0.39 is 6.09 Å². The second-order valence-corrected chi connectivity index (χ2v) is 9.39. The maximum absolute atomic E-state index is 12.8. The Hall–Kier alpha value is -4.43. The Labute approximate surface area is 211 Å². The molecule has 37 heavy (non-hydrogen) atoms. The fraction of sp³-hybridized carbons (Fsp3) is 0.346. The Morgan fingerprint density at radius 1 is 1.14 bits per heavy atom. The largest absolute Gasteiger partial charge is 0.480 e. The van der Waals surface area contributed by atoms with Crippen LogP contribution in [0.1, 0.15) is 24.8 Å². The van der Waals surface area contributed by atoms with E-state index in [2.05, 4.69) is 21.7 Å². The maximum atomic E-state index is 12.8. The fourth-order valence-electron chi connectivity index (χ4n) is 5.36. The number of carbonyl (C=O) groups excluding carboxylic acids is 2. The molecule has 3 aromatic rings. The predicted molar refractivity (Wildman–Crippen MR) is 133 cm³/mol. The number of amides is 2. The summed E-state index contributed by atoms with van der Waals surface area (Å²) in [7, 11) is 0. The van der Waals surface area contributed by atoms with Gasteiger partial charge in [0.2, 0.25) is 0 Å². The number of nitrogens with zero attached hydrogens (tertiary/aromatic N) is 4. The van der Waals surface area contributed by atoms with E-state index in [1.165, 1.54) is 0 Å². The fourth-order valence-corrected chi connectivity index (χ4v) is 5.36. The molecule has 1 aromatic carbocycles. The highest BCUT2D eigenvalue weighted by Gasteiger charge is 2.46. The number of benzene rings is 1. The Bertz CT molecular complexity index is 1510. The van der Waals surface area contributed by atoms with Gasteiger partial charge in [-0.3, -0.25) is 14.5 Å². The summed E-state index contributed by atoms with van der Waals surface area (Å²) < 4.78 is 12.7. The van der Waals surface area contributed by atoms with Gasteiger partial charge in [-0.05, 0) is 48.6 Å². The summed E-state index contributed by atoms with van der Waals surface area (Å²) in [4.78, 5) is 42.9. The number of hydrogen-bond acceptors (Lipinski definition) is 8. The van der Waals surface area contributed by atoms with Gasteiger partial charge in [0.05, 0.1) is 23.2 Å². The summed E-state index contributed by atoms with van der Waals surface area (Å²) in [5.41, 5.74) is 1.12. The van der Waals surface area contributed by atoms with Crippen molar-refractivity contribution < 1.29 is 19.1 Å². The van der Waals surface area contributed by atoms with Crippen LogP contribution in [0.3, 0.4) is 0 Å². The third-order valence-electron chi connectivity index (χ3n) is 7.13. The molecule has 2 N–H and O–H groups in total. The van der Waals surface area contributed by atoms with E-state index in [4.69, 9.17) is 9.47 Å². The Balaban J connectivity index is 1.11. The average molecular weight is 501 g/mol. The molecule has 2 fully saturated rings. The number of pyridine rings is 2. The lowest BCUT2D eigenvalue weighted by Crippen LogP contribution is -2.46. The molecule has 2 amide bonds. The van der Waals surface area contributed by atoms with Crippen LogP contribution in [-0.4, -0.2) is 52.9 Å². The molecule has 1 aliphatic carbocycles. The van der Waals surface area contributed by atoms with E-state index in [0.29, 0.717) is 42.5 Å². The van der Waals surface area contributed by atoms with Crippen molar-refractivity contribution in [2.45, 2.75) is 44.0 Å². The highest BCUT2D eigenvalue weighted by atomic mass is 16.6. The van der Waals surface area contributed by atoms with Gasteiger partial charge in [-0.25, -0.2) is 9.78 Å². The molecule has 11 nitrogen and oxygen atoms in total. The number of fused-ring (bicyclic) bond motifs is 3. The van der Waals surface area contributed by atoms with Crippen LogP contribution in [0.2, 0.25) is 0 Å². The number of carbonyl (C=O) groups is 2. The normalized spacial score (nSPS) is 22.5. The molecule has 2 aliphatic heterocycles. The van der Waals surface area contributed by atoms with Gasteiger partial charge in [0.15, 0.2) is 18.2 Å². The molecule has 0 spiro atoms. The standard InChI is InChI=1S/C26H24N6O5/c27-13-15-1-2-16-3-8-24(34)31(19(16)11-15)10-9-28-17-4-5-18-21(12-17)37-26(35)32(18)22-7-6-20-25(29-22)30-23(33)14-36-20/h1-3,6-8,11,17-18,21,28H,4-5,9-10,12,14H2,(H,29,30,33)/t17-,18-,21-/m0/s1. The first-order valence-corrected chi connectivity index (χ1v) is 12.2. The quantitative estimate of drug-likeness (QED) is 0.543. The molecule has 1 saturated carbocycles. The van der Waals surface area contributed by atoms with Gasteiger partial charge in [0.1, 0.15) is 11.9 Å². The highest BCUT2D eigenvalue weighted by Crippen LogP contribution is 2.37. The van der Waals surface area contributed by atoms with Crippen molar-refractivity contribution >= 4 is 34.5 Å². The minimum atomic E-state index is -0.457. The van der Waals surface area contributed by atoms with Gasteiger partial charge in [0.25, 0.3) is 11.5 Å². The third-order valence-corrected chi connectivity index (χ3v) is 7.13. The Morgan fingerprint density at radius 3 is 2.86 bits per heavy atom. The van der Waals surface area contributed by atoms with Crippen molar-refractivity contribution in [3.8, 4) is 11.8 Å². The first kappa shape index (κ1) is 23.0. The summed E-state index contributed by atoms with van der Waals surface area (Å²) in [5, 5.41) is 16.3. The van der Waals surface area contributed by atoms with Crippen molar-refractivity contribution in [3.05, 3.63) is 58.4 Å². The Morgan fingerprint density at radius 2 is 2.00 bits per heavy atom. The molecule has 0 radical (unpaired) electrons. The number of ether oxygens (including phenoxy) is 2. The van der Waals surface area contributed by atoms with Crippen LogP contribution >= 0.6 is 0 Å². The van der Waals surface area contributed by atoms with Crippen LogP contribution in [0.4, 0.5) is 16.4 Å². The molecular formula is C26H24N6O5. The molecule has 3 aliphatic rings. The zero-order chi connectivity index (χ0) is 25.5. The van der Waals surface area contributed by atoms with Gasteiger partial charge in [-0.15, -0.1) is 0 Å². The lowest BCUT2D eigenvalue weighted by atomic mass is 9.88. The van der Waals surface area contributed by atoms with E-state index in [9.17, 15) is 19.6 Å². The van der Waals surface area contributed by atoms with E-state index >= 15 is 0 Å². The van der Waals surface area contributed by atoms with Crippen LogP contribution in [0.15, 0.2) is 47.3 Å². The van der Waals surface area contributed by atoms with Crippen LogP contribution in [-0.2, 0) is 16.1 Å². The molecule has 1 saturated heterocycles. The Kier molecular flexibility index (Phi) is 5.73. The van der Waals surface area contributed by atoms with Gasteiger partial charge in [-0.1, -0.05) is 6.07 Å². The van der Waals surface area contributed by atoms with Crippen LogP contribution in [0, 0.1) is 11.3 Å². The summed E-state index contributed by atoms with van der Waals surface area (Å²) in [6.45, 7) is 0.949. The zero-order valence-electron chi connectivity index (χ0n) is 19.8. The van der Waals surface area contributed by atoms with Gasteiger partial charge in [0, 0.05) is 31.6 Å². The van der Waals surface area contributed by atoms with Crippen LogP contribution < -0.4 is 25.8 Å². The van der Waals surface area contributed by atoms with Crippen molar-refractivity contribution in [1.82, 2.24) is 14.9 Å². The van der Waals surface area contributed by atoms with Gasteiger partial charge >= 0.3 is 6.09 Å². The molecule has 6 rings (SSSR count). The van der Waals surface area contributed by atoms with E-state index in [1.54, 1.807) is 45.9 Å². The average Bonchev–Trinajstić information content (AvgIpc) is 3.24. The molecular weight excluding hydrogens is 476 g/mol. The van der Waals surface area contributed by atoms with E-state index in [-0.39, 0.29) is 36.3 Å². The predicted octanol–water partition coefficient (Wildman–Crippen LogP) is 2.14. The van der Waals surface area contributed by atoms with E-state index in [1.807, 2.05) is 6.07 Å². The first-order valence-electron chi connectivity index (χ1n) is 12.2. The molecule has 11 heteroatoms. The molecule has 0 bridgehead atoms. The number of aromatic nitrogens is 2. The van der Waals surface area contributed by atoms with Crippen molar-refractivity contribution in [3.63, 3.8) is 0 Å². The summed E-state index contributed by atoms with van der Waals surface area (Å²) in [5.74, 6) is 0.892. The van der Waals surface area contributed by atoms with Crippen LogP contribution in [0.25, 0.3) is 10.9 Å². The third kappa shape index (κ3) is 4.25. The molecule has 4 heterocycles. The molecule has 188 valence electrons. The van der Waals surface area contributed by atoms with Gasteiger partial charge in [-0.2, -0.15) is 5.26 Å². The number of nitriles is 1. The first-order chi connectivity index (χ1) is 18.0. The van der Waals surface area contributed by atoms with Crippen LogP contribution in [0.5, 0.6) is 5.75 Å². The summed E-state index contributed by atoms with van der Waals surface area (Å²) >= 11 is 0. The second-order valence-electron chi connectivity index (χ2n) is 9.39. The molecule has 3 atom stereocenters. The minimum Gasteiger partial charge on any atom is -0.480 e. The number of hydrogen-bond donors (Lipinski definition) is 2. The monoisotopic (exact) mass is 500 g/mol. The summed E-state index contributed by atoms with van der Waals surface area (Å²) in [6.07, 6.45) is 1.43. The SMILES string of the molecule is N#Cc1ccc2ccc(=O)n(CCN[C@H]3CC[C@H]4[C@H](C3)OC(=O)N4c3ccc4c(n3)NC(=O)CO4)c2c1. The van der Waals surface area contributed by atoms with Crippen molar-refractivity contribution in [2.75, 3.05) is 23.4 Å². The number of anilines is 2.